The molecule has 1 heteroatoms. The molecule has 2 fully saturated rings. The van der Waals surface area contributed by atoms with Crippen LogP contribution in [0.15, 0.2) is 0 Å². The second kappa shape index (κ2) is 11.3. The lowest BCUT2D eigenvalue weighted by atomic mass is 9.67. The Morgan fingerprint density at radius 2 is 1.24 bits per heavy atom. The van der Waals surface area contributed by atoms with Crippen LogP contribution in [-0.4, -0.2) is 0 Å². The van der Waals surface area contributed by atoms with Gasteiger partial charge in [-0.1, -0.05) is 90.9 Å². The van der Waals surface area contributed by atoms with Crippen molar-refractivity contribution in [2.24, 2.45) is 23.2 Å². The molecule has 0 aromatic rings. The highest BCUT2D eigenvalue weighted by molar-refractivity contribution is 5.01. The third kappa shape index (κ3) is 6.96. The van der Waals surface area contributed by atoms with Crippen LogP contribution in [0.5, 0.6) is 0 Å². The molecule has 0 aromatic carbocycles. The van der Waals surface area contributed by atoms with Crippen molar-refractivity contribution in [3.8, 4) is 6.07 Å². The van der Waals surface area contributed by atoms with Crippen LogP contribution in [0, 0.1) is 34.5 Å². The number of nitriles is 1. The maximum Gasteiger partial charge on any atom is 0.0689 e. The standard InChI is InChI=1S/C24H43N/c1-3-5-7-17-24(20-25)18-15-23(16-19-24)14-13-22-11-9-21(10-12-22)8-6-4-2/h21-23H,3-19H2,1-2H3. The minimum absolute atomic E-state index is 0.0447. The first-order chi connectivity index (χ1) is 12.2. The Morgan fingerprint density at radius 1 is 0.720 bits per heavy atom. The molecule has 0 atom stereocenters. The van der Waals surface area contributed by atoms with Gasteiger partial charge >= 0.3 is 0 Å². The fourth-order valence-electron chi connectivity index (χ4n) is 5.42. The van der Waals surface area contributed by atoms with Crippen molar-refractivity contribution in [2.75, 3.05) is 0 Å². The number of hydrogen-bond acceptors (Lipinski definition) is 1. The Morgan fingerprint density at radius 3 is 1.76 bits per heavy atom. The first-order valence-corrected chi connectivity index (χ1v) is 11.6. The third-order valence-corrected chi connectivity index (χ3v) is 7.47. The van der Waals surface area contributed by atoms with E-state index in [1.165, 1.54) is 103 Å². The van der Waals surface area contributed by atoms with Gasteiger partial charge in [0.05, 0.1) is 11.5 Å². The van der Waals surface area contributed by atoms with Crippen LogP contribution >= 0.6 is 0 Å². The van der Waals surface area contributed by atoms with Crippen molar-refractivity contribution >= 4 is 0 Å². The summed E-state index contributed by atoms with van der Waals surface area (Å²) in [4.78, 5) is 0. The van der Waals surface area contributed by atoms with Crippen molar-refractivity contribution in [1.82, 2.24) is 0 Å². The van der Waals surface area contributed by atoms with Gasteiger partial charge in [-0.05, 0) is 49.9 Å². The first-order valence-electron chi connectivity index (χ1n) is 11.6. The largest absolute Gasteiger partial charge is 0.198 e. The molecule has 0 radical (unpaired) electrons. The summed E-state index contributed by atoms with van der Waals surface area (Å²) < 4.78 is 0. The highest BCUT2D eigenvalue weighted by Gasteiger charge is 2.35. The summed E-state index contributed by atoms with van der Waals surface area (Å²) in [6.07, 6.45) is 23.2. The molecule has 1 nitrogen and oxygen atoms in total. The van der Waals surface area contributed by atoms with E-state index in [1.54, 1.807) is 0 Å². The number of unbranched alkanes of at least 4 members (excludes halogenated alkanes) is 3. The molecule has 0 amide bonds. The summed E-state index contributed by atoms with van der Waals surface area (Å²) >= 11 is 0. The zero-order valence-corrected chi connectivity index (χ0v) is 17.2. The maximum atomic E-state index is 9.70. The lowest BCUT2D eigenvalue weighted by molar-refractivity contribution is 0.171. The van der Waals surface area contributed by atoms with E-state index in [0.29, 0.717) is 0 Å². The van der Waals surface area contributed by atoms with Crippen molar-refractivity contribution < 1.29 is 0 Å². The van der Waals surface area contributed by atoms with E-state index in [4.69, 9.17) is 0 Å². The summed E-state index contributed by atoms with van der Waals surface area (Å²) in [5, 5.41) is 9.70. The molecule has 0 N–H and O–H groups in total. The highest BCUT2D eigenvalue weighted by atomic mass is 14.4. The smallest absolute Gasteiger partial charge is 0.0689 e. The summed E-state index contributed by atoms with van der Waals surface area (Å²) in [6.45, 7) is 4.58. The predicted octanol–water partition coefficient (Wildman–Crippen LogP) is 8.04. The van der Waals surface area contributed by atoms with Crippen LogP contribution in [0.25, 0.3) is 0 Å². The maximum absolute atomic E-state index is 9.70. The molecular weight excluding hydrogens is 302 g/mol. The Hall–Kier alpha value is -0.510. The highest BCUT2D eigenvalue weighted by Crippen LogP contribution is 2.44. The molecule has 0 aromatic heterocycles. The van der Waals surface area contributed by atoms with Gasteiger partial charge in [0.1, 0.15) is 0 Å². The van der Waals surface area contributed by atoms with Gasteiger partial charge in [0.25, 0.3) is 0 Å². The first kappa shape index (κ1) is 20.8. The average Bonchev–Trinajstić information content (AvgIpc) is 2.67. The molecule has 0 saturated heterocycles. The van der Waals surface area contributed by atoms with Gasteiger partial charge in [0, 0.05) is 0 Å². The lowest BCUT2D eigenvalue weighted by Gasteiger charge is -2.36. The van der Waals surface area contributed by atoms with E-state index in [1.807, 2.05) is 0 Å². The Labute approximate surface area is 158 Å². The van der Waals surface area contributed by atoms with Gasteiger partial charge in [0.15, 0.2) is 0 Å². The molecule has 2 rings (SSSR count). The van der Waals surface area contributed by atoms with E-state index in [9.17, 15) is 5.26 Å². The fraction of sp³-hybridized carbons (Fsp3) is 0.958. The SMILES string of the molecule is CCCCCC1(C#N)CCC(CCC2CCC(CCCC)CC2)CC1. The van der Waals surface area contributed by atoms with Crippen molar-refractivity contribution in [3.05, 3.63) is 0 Å². The quantitative estimate of drug-likeness (QED) is 0.367. The summed E-state index contributed by atoms with van der Waals surface area (Å²) in [6, 6.07) is 2.72. The molecule has 0 spiro atoms. The molecule has 25 heavy (non-hydrogen) atoms. The average molecular weight is 346 g/mol. The van der Waals surface area contributed by atoms with Crippen LogP contribution in [-0.2, 0) is 0 Å². The van der Waals surface area contributed by atoms with E-state index >= 15 is 0 Å². The monoisotopic (exact) mass is 345 g/mol. The molecule has 0 unspecified atom stereocenters. The van der Waals surface area contributed by atoms with Gasteiger partial charge in [-0.3, -0.25) is 0 Å². The van der Waals surface area contributed by atoms with E-state index < -0.39 is 0 Å². The Balaban J connectivity index is 1.61. The summed E-state index contributed by atoms with van der Waals surface area (Å²) in [5.74, 6) is 2.99. The number of nitrogens with zero attached hydrogens (tertiary/aromatic N) is 1. The van der Waals surface area contributed by atoms with Crippen molar-refractivity contribution in [2.45, 2.75) is 123 Å². The van der Waals surface area contributed by atoms with Crippen LogP contribution in [0.1, 0.15) is 123 Å². The van der Waals surface area contributed by atoms with Crippen LogP contribution in [0.4, 0.5) is 0 Å². The molecule has 2 aliphatic rings. The summed E-state index contributed by atoms with van der Waals surface area (Å²) in [7, 11) is 0. The van der Waals surface area contributed by atoms with Crippen LogP contribution in [0.2, 0.25) is 0 Å². The lowest BCUT2D eigenvalue weighted by Crippen LogP contribution is -2.26. The molecule has 144 valence electrons. The van der Waals surface area contributed by atoms with Gasteiger partial charge in [0.2, 0.25) is 0 Å². The molecule has 2 aliphatic carbocycles. The Bertz CT molecular complexity index is 377. The topological polar surface area (TPSA) is 23.8 Å². The second-order valence-electron chi connectivity index (χ2n) is 9.40. The summed E-state index contributed by atoms with van der Waals surface area (Å²) in [5.41, 5.74) is 0.0447. The van der Waals surface area contributed by atoms with Crippen LogP contribution < -0.4 is 0 Å². The van der Waals surface area contributed by atoms with Gasteiger partial charge in [-0.25, -0.2) is 0 Å². The minimum atomic E-state index is 0.0447. The van der Waals surface area contributed by atoms with Crippen molar-refractivity contribution in [1.29, 1.82) is 5.26 Å². The Kier molecular flexibility index (Phi) is 9.36. The third-order valence-electron chi connectivity index (χ3n) is 7.47. The van der Waals surface area contributed by atoms with Gasteiger partial charge < -0.3 is 0 Å². The van der Waals surface area contributed by atoms with Gasteiger partial charge in [-0.2, -0.15) is 5.26 Å². The normalized spacial score (nSPS) is 33.1. The number of hydrogen-bond donors (Lipinski definition) is 0. The van der Waals surface area contributed by atoms with E-state index in [-0.39, 0.29) is 5.41 Å². The molecule has 0 aliphatic heterocycles. The van der Waals surface area contributed by atoms with Gasteiger partial charge in [-0.15, -0.1) is 0 Å². The van der Waals surface area contributed by atoms with Crippen LogP contribution in [0.3, 0.4) is 0 Å². The molecule has 0 heterocycles. The predicted molar refractivity (Wildman–Crippen MR) is 108 cm³/mol. The molecular formula is C24H43N. The van der Waals surface area contributed by atoms with E-state index in [2.05, 4.69) is 19.9 Å². The molecule has 0 bridgehead atoms. The van der Waals surface area contributed by atoms with E-state index in [0.717, 1.165) is 24.2 Å². The number of rotatable bonds is 10. The minimum Gasteiger partial charge on any atom is -0.198 e. The fourth-order valence-corrected chi connectivity index (χ4v) is 5.42. The zero-order chi connectivity index (χ0) is 18.0. The zero-order valence-electron chi connectivity index (χ0n) is 17.2. The molecule has 2 saturated carbocycles. The van der Waals surface area contributed by atoms with Crippen molar-refractivity contribution in [3.63, 3.8) is 0 Å². The second-order valence-corrected chi connectivity index (χ2v) is 9.40.